The van der Waals surface area contributed by atoms with Crippen molar-refractivity contribution in [1.82, 2.24) is 10.7 Å². The van der Waals surface area contributed by atoms with Gasteiger partial charge in [0, 0.05) is 6.04 Å². The first kappa shape index (κ1) is 15.5. The van der Waals surface area contributed by atoms with Crippen LogP contribution < -0.4 is 15.8 Å². The zero-order chi connectivity index (χ0) is 16.2. The molecule has 1 aromatic rings. The lowest BCUT2D eigenvalue weighted by molar-refractivity contribution is -0.120. The lowest BCUT2D eigenvalue weighted by atomic mass is 9.95. The molecule has 6 heteroatoms. The van der Waals surface area contributed by atoms with E-state index in [4.69, 9.17) is 0 Å². The quantitative estimate of drug-likeness (QED) is 0.893. The van der Waals surface area contributed by atoms with Gasteiger partial charge in [0.1, 0.15) is 6.04 Å². The zero-order valence-electron chi connectivity index (χ0n) is 13.3. The van der Waals surface area contributed by atoms with E-state index in [-0.39, 0.29) is 23.7 Å². The molecule has 1 aliphatic carbocycles. The van der Waals surface area contributed by atoms with Gasteiger partial charge in [-0.15, -0.1) is 0 Å². The molecule has 122 valence electrons. The number of aliphatic imine (C=N–C) groups is 1. The predicted molar refractivity (Wildman–Crippen MR) is 89.0 cm³/mol. The Labute approximate surface area is 135 Å². The lowest BCUT2D eigenvalue weighted by Crippen LogP contribution is -2.58. The van der Waals surface area contributed by atoms with E-state index in [0.717, 1.165) is 25.7 Å². The van der Waals surface area contributed by atoms with E-state index in [9.17, 15) is 9.59 Å². The summed E-state index contributed by atoms with van der Waals surface area (Å²) >= 11 is 0. The van der Waals surface area contributed by atoms with Crippen molar-refractivity contribution in [3.05, 3.63) is 30.3 Å². The number of amidine groups is 1. The van der Waals surface area contributed by atoms with Gasteiger partial charge in [0.05, 0.1) is 5.69 Å². The molecule has 23 heavy (non-hydrogen) atoms. The number of para-hydroxylation sites is 1. The smallest absolute Gasteiger partial charge is 0.288 e. The highest BCUT2D eigenvalue weighted by molar-refractivity contribution is 6.39. The van der Waals surface area contributed by atoms with Gasteiger partial charge in [0.2, 0.25) is 5.84 Å². The molecule has 1 aromatic carbocycles. The van der Waals surface area contributed by atoms with Crippen LogP contribution in [0, 0.1) is 0 Å². The molecule has 6 nitrogen and oxygen atoms in total. The number of hydrogen-bond acceptors (Lipinski definition) is 4. The van der Waals surface area contributed by atoms with Crippen LogP contribution in [0.2, 0.25) is 0 Å². The van der Waals surface area contributed by atoms with Crippen molar-refractivity contribution in [2.75, 3.05) is 5.01 Å². The molecule has 0 unspecified atom stereocenters. The number of hydrogen-bond donors (Lipinski definition) is 2. The topological polar surface area (TPSA) is 73.8 Å². The van der Waals surface area contributed by atoms with E-state index in [0.29, 0.717) is 5.69 Å². The Kier molecular flexibility index (Phi) is 4.60. The minimum absolute atomic E-state index is 0.176. The first-order chi connectivity index (χ1) is 11.1. The van der Waals surface area contributed by atoms with Gasteiger partial charge in [-0.25, -0.2) is 10.0 Å². The zero-order valence-corrected chi connectivity index (χ0v) is 13.3. The van der Waals surface area contributed by atoms with Crippen LogP contribution in [-0.4, -0.2) is 29.7 Å². The second-order valence-electron chi connectivity index (χ2n) is 6.08. The number of benzene rings is 1. The molecule has 1 heterocycles. The van der Waals surface area contributed by atoms with Gasteiger partial charge < -0.3 is 5.32 Å². The highest BCUT2D eigenvalue weighted by Gasteiger charge is 2.31. The molecular weight excluding hydrogens is 292 g/mol. The second kappa shape index (κ2) is 6.81. The molecule has 0 radical (unpaired) electrons. The highest BCUT2D eigenvalue weighted by atomic mass is 16.2. The Morgan fingerprint density at radius 1 is 1.22 bits per heavy atom. The van der Waals surface area contributed by atoms with Crippen LogP contribution in [0.4, 0.5) is 5.69 Å². The van der Waals surface area contributed by atoms with Crippen LogP contribution in [0.3, 0.4) is 0 Å². The minimum Gasteiger partial charge on any atom is -0.347 e. The summed E-state index contributed by atoms with van der Waals surface area (Å²) in [6, 6.07) is 8.85. The Bertz CT molecular complexity index is 608. The largest absolute Gasteiger partial charge is 0.347 e. The maximum absolute atomic E-state index is 12.5. The molecular formula is C17H22N4O2. The maximum Gasteiger partial charge on any atom is 0.288 e. The number of carbonyl (C=O) groups excluding carboxylic acids is 2. The Morgan fingerprint density at radius 2 is 1.91 bits per heavy atom. The summed E-state index contributed by atoms with van der Waals surface area (Å²) in [6.07, 6.45) is 5.55. The van der Waals surface area contributed by atoms with E-state index in [1.807, 2.05) is 30.3 Å². The molecule has 3 rings (SSSR count). The first-order valence-electron chi connectivity index (χ1n) is 8.19. The number of nitrogens with one attached hydrogen (secondary N) is 2. The average Bonchev–Trinajstić information content (AvgIpc) is 2.59. The van der Waals surface area contributed by atoms with Crippen molar-refractivity contribution < 1.29 is 9.59 Å². The normalized spacial score (nSPS) is 22.3. The molecule has 0 saturated heterocycles. The van der Waals surface area contributed by atoms with Gasteiger partial charge in [0.25, 0.3) is 11.8 Å². The molecule has 2 N–H and O–H groups in total. The third-order valence-electron chi connectivity index (χ3n) is 4.29. The molecule has 1 aliphatic heterocycles. The van der Waals surface area contributed by atoms with Crippen molar-refractivity contribution in [1.29, 1.82) is 0 Å². The van der Waals surface area contributed by atoms with E-state index < -0.39 is 6.04 Å². The molecule has 0 aromatic heterocycles. The van der Waals surface area contributed by atoms with Gasteiger partial charge in [-0.2, -0.15) is 0 Å². The van der Waals surface area contributed by atoms with Gasteiger partial charge in [0.15, 0.2) is 0 Å². The lowest BCUT2D eigenvalue weighted by Gasteiger charge is -2.31. The van der Waals surface area contributed by atoms with Gasteiger partial charge in [-0.1, -0.05) is 37.5 Å². The van der Waals surface area contributed by atoms with Crippen LogP contribution in [0.25, 0.3) is 0 Å². The van der Waals surface area contributed by atoms with Crippen LogP contribution in [0.5, 0.6) is 0 Å². The summed E-state index contributed by atoms with van der Waals surface area (Å²) in [5, 5.41) is 4.42. The number of anilines is 1. The van der Waals surface area contributed by atoms with E-state index in [2.05, 4.69) is 15.7 Å². The molecule has 1 saturated carbocycles. The van der Waals surface area contributed by atoms with Gasteiger partial charge >= 0.3 is 0 Å². The summed E-state index contributed by atoms with van der Waals surface area (Å²) < 4.78 is 0. The standard InChI is InChI=1S/C17H22N4O2/c1-12-17(23)21(14-10-6-3-7-11-14)20-15(18-12)16(22)19-13-8-4-2-5-9-13/h3,6-7,10-13H,2,4-5,8-9H2,1H3,(H,18,20)(H,19,22)/t12-/m1/s1. The number of hydrazine groups is 1. The molecule has 1 atom stereocenters. The highest BCUT2D eigenvalue weighted by Crippen LogP contribution is 2.18. The maximum atomic E-state index is 12.5. The van der Waals surface area contributed by atoms with E-state index in [1.54, 1.807) is 6.92 Å². The van der Waals surface area contributed by atoms with Gasteiger partial charge in [-0.05, 0) is 31.9 Å². The summed E-state index contributed by atoms with van der Waals surface area (Å²) in [5.41, 5.74) is 3.56. The summed E-state index contributed by atoms with van der Waals surface area (Å²) in [4.78, 5) is 29.0. The number of nitrogens with zero attached hydrogens (tertiary/aromatic N) is 2. The van der Waals surface area contributed by atoms with Crippen LogP contribution in [0.1, 0.15) is 39.0 Å². The van der Waals surface area contributed by atoms with Gasteiger partial charge in [-0.3, -0.25) is 15.0 Å². The number of amides is 2. The molecule has 2 aliphatic rings. The average molecular weight is 314 g/mol. The monoisotopic (exact) mass is 314 g/mol. The Morgan fingerprint density at radius 3 is 2.61 bits per heavy atom. The van der Waals surface area contributed by atoms with Crippen molar-refractivity contribution in [3.8, 4) is 0 Å². The minimum atomic E-state index is -0.580. The van der Waals surface area contributed by atoms with Crippen LogP contribution in [0.15, 0.2) is 35.3 Å². The third-order valence-corrected chi connectivity index (χ3v) is 4.29. The molecule has 0 bridgehead atoms. The van der Waals surface area contributed by atoms with Crippen molar-refractivity contribution in [3.63, 3.8) is 0 Å². The molecule has 0 spiro atoms. The summed E-state index contributed by atoms with van der Waals surface area (Å²) in [6.45, 7) is 1.70. The van der Waals surface area contributed by atoms with Crippen molar-refractivity contribution in [2.24, 2.45) is 4.99 Å². The van der Waals surface area contributed by atoms with Crippen LogP contribution in [-0.2, 0) is 9.59 Å². The van der Waals surface area contributed by atoms with E-state index >= 15 is 0 Å². The van der Waals surface area contributed by atoms with Crippen molar-refractivity contribution >= 4 is 23.3 Å². The Balaban J connectivity index is 1.73. The third kappa shape index (κ3) is 3.52. The summed E-state index contributed by atoms with van der Waals surface area (Å²) in [7, 11) is 0. The summed E-state index contributed by atoms with van der Waals surface area (Å²) in [5.74, 6) is -0.214. The van der Waals surface area contributed by atoms with Crippen molar-refractivity contribution in [2.45, 2.75) is 51.1 Å². The number of carbonyl (C=O) groups is 2. The molecule has 2 amide bonds. The van der Waals surface area contributed by atoms with Crippen LogP contribution >= 0.6 is 0 Å². The first-order valence-corrected chi connectivity index (χ1v) is 8.19. The predicted octanol–water partition coefficient (Wildman–Crippen LogP) is 1.77. The second-order valence-corrected chi connectivity index (χ2v) is 6.08. The van der Waals surface area contributed by atoms with E-state index in [1.165, 1.54) is 11.4 Å². The number of rotatable bonds is 3. The molecule has 1 fully saturated rings. The fourth-order valence-electron chi connectivity index (χ4n) is 3.00. The SMILES string of the molecule is C[C@H]1N=C(C(=O)NC2CCCCC2)NN(c2ccccc2)C1=O. The fourth-order valence-corrected chi connectivity index (χ4v) is 3.00. The Hall–Kier alpha value is -2.37. The fraction of sp³-hybridized carbons (Fsp3) is 0.471.